The molecule has 392 valence electrons. The highest BCUT2D eigenvalue weighted by atomic mass is 35.5. The molecule has 0 aromatic heterocycles. The van der Waals surface area contributed by atoms with Crippen molar-refractivity contribution in [3.63, 3.8) is 0 Å². The van der Waals surface area contributed by atoms with Crippen LogP contribution in [0, 0.1) is 5.41 Å². The Morgan fingerprint density at radius 1 is 0.649 bits per heavy atom. The number of hydrogen-bond acceptors (Lipinski definition) is 12. The molecule has 0 spiro atoms. The number of halogens is 1. The Morgan fingerprint density at radius 3 is 1.73 bits per heavy atom. The second-order valence-electron chi connectivity index (χ2n) is 19.4. The van der Waals surface area contributed by atoms with Crippen LogP contribution in [-0.2, 0) is 51.3 Å². The number of nitrogens with zero attached hydrogens (tertiary/aromatic N) is 2. The molecule has 7 rings (SSSR count). The van der Waals surface area contributed by atoms with Gasteiger partial charge in [-0.2, -0.15) is 38.2 Å². The molecule has 18 nitrogen and oxygen atoms in total. The Morgan fingerprint density at radius 2 is 1.18 bits per heavy atom. The summed E-state index contributed by atoms with van der Waals surface area (Å²) in [5.74, 6) is -3.77. The number of benzene rings is 4. The minimum absolute atomic E-state index is 0.00728. The highest BCUT2D eigenvalue weighted by molar-refractivity contribution is 7.86. The number of carbonyl (C=O) groups excluding carboxylic acids is 2. The van der Waals surface area contributed by atoms with Gasteiger partial charge < -0.3 is 10.0 Å². The van der Waals surface area contributed by atoms with Crippen LogP contribution in [0.15, 0.2) is 142 Å². The quantitative estimate of drug-likeness (QED) is 0.0272. The summed E-state index contributed by atoms with van der Waals surface area (Å²) in [4.78, 5) is 43.5. The first kappa shape index (κ1) is 55.8. The smallest absolute Gasteiger partial charge is 0.335 e. The van der Waals surface area contributed by atoms with E-state index in [0.717, 1.165) is 0 Å². The van der Waals surface area contributed by atoms with Gasteiger partial charge in [-0.3, -0.25) is 27.8 Å². The van der Waals surface area contributed by atoms with Crippen LogP contribution in [0.5, 0.6) is 0 Å². The van der Waals surface area contributed by atoms with Crippen molar-refractivity contribution in [2.45, 2.75) is 74.0 Å². The summed E-state index contributed by atoms with van der Waals surface area (Å²) in [6, 6.07) is 18.9. The van der Waals surface area contributed by atoms with E-state index in [0.29, 0.717) is 50.1 Å². The summed E-state index contributed by atoms with van der Waals surface area (Å²) in [6.45, 7) is 7.11. The van der Waals surface area contributed by atoms with Crippen molar-refractivity contribution < 1.29 is 75.9 Å². The van der Waals surface area contributed by atoms with Gasteiger partial charge in [-0.05, 0) is 123 Å². The number of hydrogen-bond donors (Lipinski definition) is 5. The second kappa shape index (κ2) is 20.3. The number of carbonyl (C=O) groups is 3. The lowest BCUT2D eigenvalue weighted by molar-refractivity contribution is -0.437. The monoisotopic (exact) mass is 1110 g/mol. The maximum Gasteiger partial charge on any atom is 0.335 e. The van der Waals surface area contributed by atoms with E-state index in [1.807, 2.05) is 0 Å². The molecule has 3 aliphatic rings. The fourth-order valence-electron chi connectivity index (χ4n) is 9.95. The van der Waals surface area contributed by atoms with Gasteiger partial charge in [-0.1, -0.05) is 55.8 Å². The fourth-order valence-corrected chi connectivity index (χ4v) is 12.1. The van der Waals surface area contributed by atoms with Crippen LogP contribution >= 0.6 is 11.6 Å². The van der Waals surface area contributed by atoms with E-state index in [9.17, 15) is 61.8 Å². The second-order valence-corrected chi connectivity index (χ2v) is 25.8. The molecule has 2 aliphatic heterocycles. The number of Topliss-reactive ketones (excluding diaryl/α,β-unsaturated/α-hetero) is 2. The Balaban J connectivity index is 1.45. The van der Waals surface area contributed by atoms with Gasteiger partial charge in [0.2, 0.25) is 5.69 Å². The molecule has 0 saturated heterocycles. The maximum atomic E-state index is 15.3. The van der Waals surface area contributed by atoms with Crippen molar-refractivity contribution in [2.75, 3.05) is 29.5 Å². The van der Waals surface area contributed by atoms with Crippen molar-refractivity contribution in [2.24, 2.45) is 5.41 Å². The van der Waals surface area contributed by atoms with Crippen molar-refractivity contribution in [3.05, 3.63) is 165 Å². The van der Waals surface area contributed by atoms with Crippen LogP contribution < -0.4 is 4.90 Å². The zero-order chi connectivity index (χ0) is 54.6. The first-order valence-corrected chi connectivity index (χ1v) is 29.3. The topological polar surface area (TPSA) is 295 Å². The molecule has 1 aliphatic carbocycles. The highest BCUT2D eigenvalue weighted by Gasteiger charge is 2.50. The summed E-state index contributed by atoms with van der Waals surface area (Å²) in [7, 11) is -18.1. The van der Waals surface area contributed by atoms with Crippen LogP contribution in [0.1, 0.15) is 95.6 Å². The molecule has 0 radical (unpaired) electrons. The molecule has 74 heavy (non-hydrogen) atoms. The number of carboxylic acids is 1. The minimum Gasteiger partial charge on any atom is -0.478 e. The zero-order valence-corrected chi connectivity index (χ0v) is 44.3. The Bertz CT molecular complexity index is 3640. The lowest BCUT2D eigenvalue weighted by atomic mass is 9.64. The maximum absolute atomic E-state index is 15.3. The molecule has 0 fully saturated rings. The van der Waals surface area contributed by atoms with Gasteiger partial charge in [0.25, 0.3) is 40.5 Å². The summed E-state index contributed by atoms with van der Waals surface area (Å²) in [6.07, 6.45) is 7.77. The third kappa shape index (κ3) is 11.8. The summed E-state index contributed by atoms with van der Waals surface area (Å²) in [5.41, 5.74) is -0.427. The van der Waals surface area contributed by atoms with Crippen LogP contribution in [0.3, 0.4) is 0 Å². The number of ketones is 2. The molecule has 0 bridgehead atoms. The first-order valence-electron chi connectivity index (χ1n) is 22.8. The molecule has 2 heterocycles. The molecule has 1 atom stereocenters. The van der Waals surface area contributed by atoms with Crippen LogP contribution in [0.2, 0.25) is 5.02 Å². The van der Waals surface area contributed by atoms with E-state index >= 15 is 9.59 Å². The predicted molar refractivity (Wildman–Crippen MR) is 276 cm³/mol. The van der Waals surface area contributed by atoms with Gasteiger partial charge >= 0.3 is 5.97 Å². The van der Waals surface area contributed by atoms with Gasteiger partial charge in [0.1, 0.15) is 12.0 Å². The number of rotatable bonds is 18. The third-order valence-electron chi connectivity index (χ3n) is 13.6. The standard InChI is InChI=1S/C51H51ClN2O16S4/c1-49(2)40-28-38(73(65,66)67)17-19-42(40)53(23-5-25-71(59,60)61)44(49)21-7-32-27-33(8-22-45-50(3,4)41-29-39(74(68,69)70)18-20-43(41)54(45)24-6-26-72(62,63)64)31-51(30-32,47(56)35-13-15-37(52)16-14-35)46(55)34-9-11-36(12-10-34)48(57)58/h7-22,27-29H,5-6,23-26,30-31H2,1-4H3,(H4-,57,58,59,60,61,62,63,64,65,66,67,68,69,70)/p+1. The van der Waals surface area contributed by atoms with Crippen molar-refractivity contribution in [1.82, 2.24) is 0 Å². The van der Waals surface area contributed by atoms with Crippen LogP contribution in [-0.4, -0.2) is 109 Å². The zero-order valence-electron chi connectivity index (χ0n) is 40.3. The summed E-state index contributed by atoms with van der Waals surface area (Å²) in [5, 5.41) is 10.00. The Hall–Kier alpha value is -5.95. The molecular formula is C51H52ClN2O16S4+. The van der Waals surface area contributed by atoms with E-state index in [1.165, 1.54) is 84.9 Å². The molecule has 0 amide bonds. The van der Waals surface area contributed by atoms with Gasteiger partial charge in [0.15, 0.2) is 17.3 Å². The van der Waals surface area contributed by atoms with Crippen LogP contribution in [0.4, 0.5) is 11.4 Å². The highest BCUT2D eigenvalue weighted by Crippen LogP contribution is 2.50. The lowest BCUT2D eigenvalue weighted by Gasteiger charge is -2.35. The Labute approximate surface area is 434 Å². The average molecular weight is 1110 g/mol. The fraction of sp³-hybridized carbons (Fsp3) is 0.294. The van der Waals surface area contributed by atoms with E-state index in [-0.39, 0.29) is 55.5 Å². The van der Waals surface area contributed by atoms with Gasteiger partial charge in [0, 0.05) is 63.6 Å². The normalized spacial score (nSPS) is 19.7. The number of aromatic carboxylic acids is 1. The lowest BCUT2D eigenvalue weighted by Crippen LogP contribution is -2.42. The molecule has 1 unspecified atom stereocenters. The largest absolute Gasteiger partial charge is 0.478 e. The number of fused-ring (bicyclic) bond motifs is 2. The molecule has 23 heteroatoms. The minimum atomic E-state index is -4.67. The van der Waals surface area contributed by atoms with Crippen molar-refractivity contribution >= 4 is 86.7 Å². The number of anilines is 1. The van der Waals surface area contributed by atoms with E-state index in [4.69, 9.17) is 11.6 Å². The molecule has 5 N–H and O–H groups in total. The van der Waals surface area contributed by atoms with Crippen molar-refractivity contribution in [3.8, 4) is 0 Å². The molecule has 4 aromatic carbocycles. The summed E-state index contributed by atoms with van der Waals surface area (Å²) >= 11 is 6.26. The average Bonchev–Trinajstić information content (AvgIpc) is 3.65. The first-order chi connectivity index (χ1) is 34.2. The predicted octanol–water partition coefficient (Wildman–Crippen LogP) is 8.10. The van der Waals surface area contributed by atoms with E-state index in [1.54, 1.807) is 67.6 Å². The van der Waals surface area contributed by atoms with Crippen LogP contribution in [0.25, 0.3) is 0 Å². The molecule has 0 saturated carbocycles. The van der Waals surface area contributed by atoms with E-state index < -0.39 is 95.5 Å². The van der Waals surface area contributed by atoms with Gasteiger partial charge in [-0.15, -0.1) is 0 Å². The molecule has 4 aromatic rings. The van der Waals surface area contributed by atoms with E-state index in [2.05, 4.69) is 0 Å². The number of allylic oxidation sites excluding steroid dienone is 8. The van der Waals surface area contributed by atoms with Gasteiger partial charge in [0.05, 0.1) is 32.3 Å². The third-order valence-corrected chi connectivity index (χ3v) is 17.1. The molecular weight excluding hydrogens is 1060 g/mol. The van der Waals surface area contributed by atoms with Gasteiger partial charge in [-0.25, -0.2) is 4.79 Å². The Kier molecular flexibility index (Phi) is 15.3. The summed E-state index contributed by atoms with van der Waals surface area (Å²) < 4.78 is 138. The van der Waals surface area contributed by atoms with Crippen molar-refractivity contribution in [1.29, 1.82) is 0 Å². The SMILES string of the molecule is CC1(C)C(/C=C/C2=CC(=C/C=C3/N(CCCS(=O)(=O)O)c4ccc(S(=O)(=O)O)cc4C3(C)C)/CC(C(=O)c3ccc(Cl)cc3)(C(=O)c3ccc(C(=O)O)cc3)C2)=[N+](CCCS(=O)(=O)O)c2ccc(S(=O)(=O)O)cc21. The number of carboxylic acid groups (broad SMARTS) is 1.